The van der Waals surface area contributed by atoms with Crippen LogP contribution in [-0.4, -0.2) is 23.8 Å². The highest BCUT2D eigenvalue weighted by molar-refractivity contribution is 6.09. The molecule has 0 aliphatic heterocycles. The highest BCUT2D eigenvalue weighted by atomic mass is 16.7. The molecule has 0 aliphatic carbocycles. The lowest BCUT2D eigenvalue weighted by atomic mass is 9.92. The fourth-order valence-corrected chi connectivity index (χ4v) is 4.67. The minimum atomic E-state index is -0.0268. The first-order valence-corrected chi connectivity index (χ1v) is 12.8. The van der Waals surface area contributed by atoms with Gasteiger partial charge in [-0.1, -0.05) is 60.7 Å². The topological polar surface area (TPSA) is 77.4 Å². The van der Waals surface area contributed by atoms with Crippen molar-refractivity contribution in [3.8, 4) is 45.6 Å². The van der Waals surface area contributed by atoms with Crippen LogP contribution in [0.25, 0.3) is 32.7 Å². The van der Waals surface area contributed by atoms with Gasteiger partial charge in [0.05, 0.1) is 0 Å². The third-order valence-corrected chi connectivity index (χ3v) is 6.59. The lowest BCUT2D eigenvalue weighted by molar-refractivity contribution is 0.118. The largest absolute Gasteiger partial charge is 0.508 e. The van der Waals surface area contributed by atoms with Crippen LogP contribution in [0.4, 0.5) is 0 Å². The lowest BCUT2D eigenvalue weighted by Gasteiger charge is -2.20. The first kappa shape index (κ1) is 24.9. The fourth-order valence-electron chi connectivity index (χ4n) is 4.67. The van der Waals surface area contributed by atoms with E-state index in [9.17, 15) is 10.2 Å². The third-order valence-electron chi connectivity index (χ3n) is 6.59. The summed E-state index contributed by atoms with van der Waals surface area (Å²) in [6, 6.07) is 37.2. The van der Waals surface area contributed by atoms with E-state index in [1.165, 1.54) is 0 Å². The van der Waals surface area contributed by atoms with Gasteiger partial charge in [-0.25, -0.2) is 0 Å². The second kappa shape index (κ2) is 11.2. The lowest BCUT2D eigenvalue weighted by Crippen LogP contribution is -2.08. The number of phenols is 2. The summed E-state index contributed by atoms with van der Waals surface area (Å²) >= 11 is 0. The summed E-state index contributed by atoms with van der Waals surface area (Å²) in [7, 11) is 0. The Kier molecular flexibility index (Phi) is 6.97. The van der Waals surface area contributed by atoms with Crippen LogP contribution in [0.15, 0.2) is 121 Å². The SMILES string of the molecule is Oc1ccc(OCOc2ccc3ccccc3c2-c2c(OCOc3ccc(O)cc3)ccc3ccccc23)cc1. The number of hydrogen-bond acceptors (Lipinski definition) is 6. The Morgan fingerprint density at radius 3 is 1.23 bits per heavy atom. The Balaban J connectivity index is 1.40. The molecule has 40 heavy (non-hydrogen) atoms. The number of ether oxygens (including phenoxy) is 4. The first-order chi connectivity index (χ1) is 19.7. The van der Waals surface area contributed by atoms with Gasteiger partial charge in [-0.2, -0.15) is 0 Å². The minimum Gasteiger partial charge on any atom is -0.508 e. The summed E-state index contributed by atoms with van der Waals surface area (Å²) in [6.07, 6.45) is 0. The van der Waals surface area contributed by atoms with Crippen molar-refractivity contribution in [2.45, 2.75) is 0 Å². The molecule has 0 amide bonds. The normalized spacial score (nSPS) is 10.9. The van der Waals surface area contributed by atoms with Crippen LogP contribution in [0.2, 0.25) is 0 Å². The van der Waals surface area contributed by atoms with Gasteiger partial charge in [0.15, 0.2) is 0 Å². The van der Waals surface area contributed by atoms with Crippen molar-refractivity contribution in [2.75, 3.05) is 13.6 Å². The molecule has 0 saturated carbocycles. The fraction of sp³-hybridized carbons (Fsp3) is 0.0588. The number of phenolic OH excluding ortho intramolecular Hbond substituents is 2. The van der Waals surface area contributed by atoms with E-state index in [4.69, 9.17) is 18.9 Å². The van der Waals surface area contributed by atoms with E-state index >= 15 is 0 Å². The summed E-state index contributed by atoms with van der Waals surface area (Å²) < 4.78 is 24.1. The maximum atomic E-state index is 9.56. The molecule has 198 valence electrons. The van der Waals surface area contributed by atoms with Gasteiger partial charge in [-0.15, -0.1) is 0 Å². The predicted octanol–water partition coefficient (Wildman–Crippen LogP) is 7.90. The minimum absolute atomic E-state index is 0.0268. The molecule has 0 radical (unpaired) electrons. The molecule has 0 spiro atoms. The van der Waals surface area contributed by atoms with Gasteiger partial charge in [-0.05, 0) is 82.2 Å². The maximum Gasteiger partial charge on any atom is 0.230 e. The van der Waals surface area contributed by atoms with Gasteiger partial charge < -0.3 is 29.2 Å². The summed E-state index contributed by atoms with van der Waals surface area (Å²) in [6.45, 7) is -0.0535. The molecule has 0 fully saturated rings. The van der Waals surface area contributed by atoms with Crippen molar-refractivity contribution < 1.29 is 29.2 Å². The van der Waals surface area contributed by atoms with Gasteiger partial charge >= 0.3 is 0 Å². The van der Waals surface area contributed by atoms with Crippen molar-refractivity contribution >= 4 is 21.5 Å². The van der Waals surface area contributed by atoms with E-state index in [0.29, 0.717) is 23.0 Å². The van der Waals surface area contributed by atoms with Gasteiger partial charge in [0.1, 0.15) is 34.5 Å². The van der Waals surface area contributed by atoms with Crippen LogP contribution in [-0.2, 0) is 0 Å². The molecule has 0 atom stereocenters. The standard InChI is InChI=1S/C34H26O6/c35-25-11-15-27(16-12-25)37-21-39-31-19-9-23-5-1-3-7-29(23)33(31)34-30-8-4-2-6-24(30)10-20-32(34)40-22-38-28-17-13-26(36)14-18-28/h1-20,35-36H,21-22H2. The molecule has 2 N–H and O–H groups in total. The summed E-state index contributed by atoms with van der Waals surface area (Å²) in [5.74, 6) is 2.78. The van der Waals surface area contributed by atoms with Gasteiger partial charge in [0, 0.05) is 11.1 Å². The summed E-state index contributed by atoms with van der Waals surface area (Å²) in [5, 5.41) is 23.2. The van der Waals surface area contributed by atoms with E-state index < -0.39 is 0 Å². The van der Waals surface area contributed by atoms with Gasteiger partial charge in [-0.3, -0.25) is 0 Å². The van der Waals surface area contributed by atoms with E-state index in [2.05, 4.69) is 24.3 Å². The first-order valence-electron chi connectivity index (χ1n) is 12.8. The number of rotatable bonds is 9. The summed E-state index contributed by atoms with van der Waals surface area (Å²) in [5.41, 5.74) is 1.76. The van der Waals surface area contributed by atoms with E-state index in [1.54, 1.807) is 48.5 Å². The molecule has 6 aromatic carbocycles. The van der Waals surface area contributed by atoms with E-state index in [1.807, 2.05) is 48.5 Å². The van der Waals surface area contributed by atoms with Crippen molar-refractivity contribution in [3.63, 3.8) is 0 Å². The van der Waals surface area contributed by atoms with Gasteiger partial charge in [0.25, 0.3) is 0 Å². The molecule has 0 unspecified atom stereocenters. The molecule has 6 nitrogen and oxygen atoms in total. The molecule has 6 aromatic rings. The van der Waals surface area contributed by atoms with Crippen molar-refractivity contribution in [1.29, 1.82) is 0 Å². The Morgan fingerprint density at radius 1 is 0.400 bits per heavy atom. The smallest absolute Gasteiger partial charge is 0.230 e. The Labute approximate surface area is 231 Å². The molecule has 0 bridgehead atoms. The number of benzene rings is 6. The van der Waals surface area contributed by atoms with Crippen molar-refractivity contribution in [3.05, 3.63) is 121 Å². The maximum absolute atomic E-state index is 9.56. The van der Waals surface area contributed by atoms with Crippen LogP contribution in [0.1, 0.15) is 0 Å². The zero-order valence-corrected chi connectivity index (χ0v) is 21.5. The molecule has 6 rings (SSSR count). The van der Waals surface area contributed by atoms with Crippen LogP contribution < -0.4 is 18.9 Å². The highest BCUT2D eigenvalue weighted by Crippen LogP contribution is 2.45. The van der Waals surface area contributed by atoms with Crippen LogP contribution in [0.3, 0.4) is 0 Å². The quantitative estimate of drug-likeness (QED) is 0.185. The number of aromatic hydroxyl groups is 2. The molecule has 0 aliphatic rings. The Hall–Kier alpha value is -5.36. The number of fused-ring (bicyclic) bond motifs is 2. The number of hydrogen-bond donors (Lipinski definition) is 2. The van der Waals surface area contributed by atoms with Crippen molar-refractivity contribution in [2.24, 2.45) is 0 Å². The zero-order valence-electron chi connectivity index (χ0n) is 21.5. The van der Waals surface area contributed by atoms with Crippen LogP contribution in [0.5, 0.6) is 34.5 Å². The van der Waals surface area contributed by atoms with Crippen LogP contribution >= 0.6 is 0 Å². The average molecular weight is 531 g/mol. The molecule has 0 aromatic heterocycles. The Bertz CT molecular complexity index is 1630. The molecule has 0 saturated heterocycles. The van der Waals surface area contributed by atoms with Gasteiger partial charge in [0.2, 0.25) is 13.6 Å². The predicted molar refractivity (Wildman–Crippen MR) is 155 cm³/mol. The average Bonchev–Trinajstić information content (AvgIpc) is 2.99. The van der Waals surface area contributed by atoms with E-state index in [0.717, 1.165) is 32.7 Å². The highest BCUT2D eigenvalue weighted by Gasteiger charge is 2.19. The Morgan fingerprint density at radius 2 is 0.800 bits per heavy atom. The molecular formula is C34H26O6. The molecule has 6 heteroatoms. The van der Waals surface area contributed by atoms with Crippen LogP contribution in [0, 0.1) is 0 Å². The molecule has 0 heterocycles. The second-order valence-electron chi connectivity index (χ2n) is 9.12. The zero-order chi connectivity index (χ0) is 27.3. The molecular weight excluding hydrogens is 504 g/mol. The third kappa shape index (κ3) is 5.28. The summed E-state index contributed by atoms with van der Waals surface area (Å²) in [4.78, 5) is 0. The van der Waals surface area contributed by atoms with E-state index in [-0.39, 0.29) is 25.1 Å². The van der Waals surface area contributed by atoms with Crippen molar-refractivity contribution in [1.82, 2.24) is 0 Å². The second-order valence-corrected chi connectivity index (χ2v) is 9.12. The monoisotopic (exact) mass is 530 g/mol.